The number of fused-ring (bicyclic) bond motifs is 1. The van der Waals surface area contributed by atoms with Crippen LogP contribution in [0.4, 0.5) is 5.95 Å². The van der Waals surface area contributed by atoms with Crippen LogP contribution < -0.4 is 5.32 Å². The minimum absolute atomic E-state index is 0.614. The molecule has 2 rings (SSSR count). The van der Waals surface area contributed by atoms with Crippen molar-refractivity contribution in [1.29, 1.82) is 0 Å². The molecule has 1 aromatic heterocycles. The molecule has 20 heavy (non-hydrogen) atoms. The van der Waals surface area contributed by atoms with E-state index in [4.69, 9.17) is 4.74 Å². The van der Waals surface area contributed by atoms with Crippen molar-refractivity contribution in [2.45, 2.75) is 20.3 Å². The summed E-state index contributed by atoms with van der Waals surface area (Å²) in [6, 6.07) is 6.02. The molecular weight excluding hydrogens is 250 g/mol. The predicted molar refractivity (Wildman–Crippen MR) is 83.3 cm³/mol. The number of hydrogen-bond acceptors (Lipinski definition) is 4. The average Bonchev–Trinajstić information content (AvgIpc) is 2.50. The number of aromatic nitrogens is 2. The summed E-state index contributed by atoms with van der Waals surface area (Å²) in [6.45, 7) is 4.03. The van der Waals surface area contributed by atoms with Gasteiger partial charge in [-0.25, -0.2) is 9.97 Å². The van der Waals surface area contributed by atoms with Gasteiger partial charge in [-0.05, 0) is 31.6 Å². The third-order valence-electron chi connectivity index (χ3n) is 2.88. The molecule has 104 valence electrons. The van der Waals surface area contributed by atoms with Crippen molar-refractivity contribution in [1.82, 2.24) is 9.97 Å². The van der Waals surface area contributed by atoms with Crippen LogP contribution >= 0.6 is 0 Å². The highest BCUT2D eigenvalue weighted by atomic mass is 16.5. The maximum atomic E-state index is 5.64. The van der Waals surface area contributed by atoms with Crippen LogP contribution in [0.2, 0.25) is 0 Å². The number of rotatable bonds is 5. The first kappa shape index (κ1) is 14.1. The normalized spacial score (nSPS) is 12.1. The Balaban J connectivity index is 2.36. The van der Waals surface area contributed by atoms with Crippen LogP contribution in [0.3, 0.4) is 0 Å². The number of allylic oxidation sites excluding steroid dienone is 2. The Morgan fingerprint density at radius 2 is 2.25 bits per heavy atom. The van der Waals surface area contributed by atoms with Gasteiger partial charge in [-0.3, -0.25) is 0 Å². The van der Waals surface area contributed by atoms with Crippen LogP contribution in [0, 0.1) is 0 Å². The maximum absolute atomic E-state index is 5.64. The van der Waals surface area contributed by atoms with Crippen LogP contribution in [0.15, 0.2) is 42.8 Å². The lowest BCUT2D eigenvalue weighted by atomic mass is 10.1. The van der Waals surface area contributed by atoms with Crippen molar-refractivity contribution in [2.75, 3.05) is 12.4 Å². The van der Waals surface area contributed by atoms with E-state index in [1.54, 1.807) is 13.3 Å². The zero-order valence-electron chi connectivity index (χ0n) is 12.1. The van der Waals surface area contributed by atoms with Gasteiger partial charge in [-0.15, -0.1) is 0 Å². The Labute approximate surface area is 119 Å². The molecule has 0 radical (unpaired) electrons. The van der Waals surface area contributed by atoms with Crippen molar-refractivity contribution in [2.24, 2.45) is 0 Å². The number of hydrogen-bond donors (Lipinski definition) is 1. The molecule has 0 saturated heterocycles. The van der Waals surface area contributed by atoms with Crippen molar-refractivity contribution in [3.63, 3.8) is 0 Å². The molecule has 0 amide bonds. The van der Waals surface area contributed by atoms with E-state index in [0.29, 0.717) is 5.95 Å². The standard InChI is InChI=1S/C16H19N3O/c1-4-6-9-20-15(5-2)12-7-8-13-11-18-16(17-3)19-14(13)10-12/h5-11H,4H2,1-3H3,(H,17,18,19)/b9-6+,15-5-. The van der Waals surface area contributed by atoms with Gasteiger partial charge in [0.2, 0.25) is 5.95 Å². The molecule has 0 saturated carbocycles. The van der Waals surface area contributed by atoms with Gasteiger partial charge in [-0.2, -0.15) is 0 Å². The van der Waals surface area contributed by atoms with Crippen molar-refractivity contribution in [3.8, 4) is 0 Å². The van der Waals surface area contributed by atoms with Gasteiger partial charge in [0.15, 0.2) is 0 Å². The monoisotopic (exact) mass is 269 g/mol. The van der Waals surface area contributed by atoms with E-state index in [1.165, 1.54) is 0 Å². The summed E-state index contributed by atoms with van der Waals surface area (Å²) < 4.78 is 5.64. The second-order valence-electron chi connectivity index (χ2n) is 4.27. The second-order valence-corrected chi connectivity index (χ2v) is 4.27. The predicted octanol–water partition coefficient (Wildman–Crippen LogP) is 3.97. The lowest BCUT2D eigenvalue weighted by molar-refractivity contribution is 0.434. The quantitative estimate of drug-likeness (QED) is 0.834. The van der Waals surface area contributed by atoms with Crippen LogP contribution in [0.5, 0.6) is 0 Å². The minimum Gasteiger partial charge on any atom is -0.465 e. The van der Waals surface area contributed by atoms with Gasteiger partial charge in [0.1, 0.15) is 5.76 Å². The summed E-state index contributed by atoms with van der Waals surface area (Å²) in [5, 5.41) is 3.95. The van der Waals surface area contributed by atoms with Gasteiger partial charge in [0.05, 0.1) is 11.8 Å². The first-order chi connectivity index (χ1) is 9.78. The fraction of sp³-hybridized carbons (Fsp3) is 0.250. The Kier molecular flexibility index (Phi) is 4.71. The summed E-state index contributed by atoms with van der Waals surface area (Å²) in [5.74, 6) is 1.43. The van der Waals surface area contributed by atoms with Crippen LogP contribution in [0.25, 0.3) is 16.7 Å². The molecule has 0 aliphatic carbocycles. The van der Waals surface area contributed by atoms with E-state index < -0.39 is 0 Å². The Bertz CT molecular complexity index is 647. The van der Waals surface area contributed by atoms with Crippen molar-refractivity contribution >= 4 is 22.6 Å². The summed E-state index contributed by atoms with van der Waals surface area (Å²) in [4.78, 5) is 8.65. The molecule has 1 heterocycles. The minimum atomic E-state index is 0.614. The summed E-state index contributed by atoms with van der Waals surface area (Å²) in [5.41, 5.74) is 1.89. The highest BCUT2D eigenvalue weighted by Crippen LogP contribution is 2.21. The van der Waals surface area contributed by atoms with E-state index >= 15 is 0 Å². The zero-order valence-corrected chi connectivity index (χ0v) is 12.1. The number of ether oxygens (including phenoxy) is 1. The lowest BCUT2D eigenvalue weighted by Gasteiger charge is -2.08. The van der Waals surface area contributed by atoms with Crippen molar-refractivity contribution < 1.29 is 4.74 Å². The van der Waals surface area contributed by atoms with Gasteiger partial charge in [0, 0.05) is 24.2 Å². The van der Waals surface area contributed by atoms with Crippen molar-refractivity contribution in [3.05, 3.63) is 48.4 Å². The highest BCUT2D eigenvalue weighted by molar-refractivity contribution is 5.82. The highest BCUT2D eigenvalue weighted by Gasteiger charge is 2.04. The fourth-order valence-electron chi connectivity index (χ4n) is 1.82. The van der Waals surface area contributed by atoms with Crippen LogP contribution in [-0.4, -0.2) is 17.0 Å². The Morgan fingerprint density at radius 3 is 2.95 bits per heavy atom. The molecule has 4 nitrogen and oxygen atoms in total. The smallest absolute Gasteiger partial charge is 0.222 e. The third-order valence-corrected chi connectivity index (χ3v) is 2.88. The summed E-state index contributed by atoms with van der Waals surface area (Å²) in [6.07, 6.45) is 8.41. The van der Waals surface area contributed by atoms with E-state index in [-0.39, 0.29) is 0 Å². The summed E-state index contributed by atoms with van der Waals surface area (Å²) >= 11 is 0. The first-order valence-corrected chi connectivity index (χ1v) is 6.71. The molecule has 2 aromatic rings. The number of nitrogens with one attached hydrogen (secondary N) is 1. The average molecular weight is 269 g/mol. The molecule has 0 spiro atoms. The van der Waals surface area contributed by atoms with E-state index in [0.717, 1.165) is 28.6 Å². The first-order valence-electron chi connectivity index (χ1n) is 6.71. The largest absolute Gasteiger partial charge is 0.465 e. The molecule has 0 unspecified atom stereocenters. The van der Waals surface area contributed by atoms with Gasteiger partial charge < -0.3 is 10.1 Å². The zero-order chi connectivity index (χ0) is 14.4. The van der Waals surface area contributed by atoms with E-state index in [9.17, 15) is 0 Å². The molecule has 0 fully saturated rings. The van der Waals surface area contributed by atoms with Gasteiger partial charge in [0.25, 0.3) is 0 Å². The second kappa shape index (κ2) is 6.70. The third kappa shape index (κ3) is 3.15. The fourth-order valence-corrected chi connectivity index (χ4v) is 1.82. The number of anilines is 1. The summed E-state index contributed by atoms with van der Waals surface area (Å²) in [7, 11) is 1.81. The topological polar surface area (TPSA) is 47.0 Å². The molecule has 4 heteroatoms. The molecular formula is C16H19N3O. The molecule has 0 atom stereocenters. The Morgan fingerprint density at radius 1 is 1.40 bits per heavy atom. The Hall–Kier alpha value is -2.36. The molecule has 1 N–H and O–H groups in total. The molecule has 1 aromatic carbocycles. The lowest BCUT2D eigenvalue weighted by Crippen LogP contribution is -1.96. The SMILES string of the molecule is C/C=C(\O/C=C/CC)c1ccc2cnc(NC)nc2c1. The molecule has 0 aliphatic heterocycles. The van der Waals surface area contributed by atoms with Gasteiger partial charge in [-0.1, -0.05) is 19.1 Å². The molecule has 0 bridgehead atoms. The molecule has 0 aliphatic rings. The van der Waals surface area contributed by atoms with Crippen LogP contribution in [-0.2, 0) is 4.74 Å². The number of nitrogens with zero attached hydrogens (tertiary/aromatic N) is 2. The van der Waals surface area contributed by atoms with Crippen LogP contribution in [0.1, 0.15) is 25.8 Å². The van der Waals surface area contributed by atoms with Gasteiger partial charge >= 0.3 is 0 Å². The maximum Gasteiger partial charge on any atom is 0.222 e. The van der Waals surface area contributed by atoms with E-state index in [1.807, 2.05) is 43.5 Å². The number of benzene rings is 1. The van der Waals surface area contributed by atoms with E-state index in [2.05, 4.69) is 22.2 Å².